The largest absolute Gasteiger partial charge is 0.399 e. The van der Waals surface area contributed by atoms with Crippen LogP contribution in [0.3, 0.4) is 0 Å². The van der Waals surface area contributed by atoms with Gasteiger partial charge in [-0.05, 0) is 35.3 Å². The minimum atomic E-state index is 0.00251. The van der Waals surface area contributed by atoms with E-state index in [9.17, 15) is 4.79 Å². The Kier molecular flexibility index (Phi) is 7.53. The van der Waals surface area contributed by atoms with Gasteiger partial charge in [-0.15, -0.1) is 0 Å². The highest BCUT2D eigenvalue weighted by Gasteiger charge is 2.19. The molecule has 0 amide bonds. The fourth-order valence-electron chi connectivity index (χ4n) is 3.41. The summed E-state index contributed by atoms with van der Waals surface area (Å²) in [7, 11) is 0. The lowest BCUT2D eigenvalue weighted by molar-refractivity contribution is 0.103. The van der Waals surface area contributed by atoms with Crippen LogP contribution < -0.4 is 5.73 Å². The molecule has 3 aromatic rings. The van der Waals surface area contributed by atoms with Crippen molar-refractivity contribution in [3.05, 3.63) is 84.2 Å². The summed E-state index contributed by atoms with van der Waals surface area (Å²) in [6.45, 7) is 8.01. The summed E-state index contributed by atoms with van der Waals surface area (Å²) in [5.74, 6) is 1.02. The minimum absolute atomic E-state index is 0.00251. The Morgan fingerprint density at radius 3 is 2.61 bits per heavy atom. The van der Waals surface area contributed by atoms with Gasteiger partial charge in [0.25, 0.3) is 0 Å². The SMILES string of the molecule is C=C(N)c1ccc(-c2cnc3[nH]cc(C(=O)C4=CC(CS)CC=C4)c3c2)cc1.CCC. The molecule has 5 heteroatoms. The predicted octanol–water partition coefficient (Wildman–Crippen LogP) is 6.19. The highest BCUT2D eigenvalue weighted by Crippen LogP contribution is 2.28. The lowest BCUT2D eigenvalue weighted by Crippen LogP contribution is -2.08. The number of nitrogens with two attached hydrogens (primary N) is 1. The van der Waals surface area contributed by atoms with Crippen molar-refractivity contribution in [3.8, 4) is 11.1 Å². The molecule has 4 rings (SSSR count). The van der Waals surface area contributed by atoms with Crippen LogP contribution in [-0.4, -0.2) is 21.5 Å². The van der Waals surface area contributed by atoms with Crippen LogP contribution in [0.5, 0.6) is 0 Å². The molecule has 0 spiro atoms. The second kappa shape index (κ2) is 10.3. The Bertz CT molecular complexity index is 1140. The van der Waals surface area contributed by atoms with E-state index in [1.54, 1.807) is 12.4 Å². The van der Waals surface area contributed by atoms with Crippen molar-refractivity contribution in [2.75, 3.05) is 5.75 Å². The average molecular weight is 432 g/mol. The highest BCUT2D eigenvalue weighted by atomic mass is 32.1. The van der Waals surface area contributed by atoms with Crippen molar-refractivity contribution in [1.82, 2.24) is 9.97 Å². The highest BCUT2D eigenvalue weighted by molar-refractivity contribution is 7.80. The summed E-state index contributed by atoms with van der Waals surface area (Å²) >= 11 is 4.36. The summed E-state index contributed by atoms with van der Waals surface area (Å²) < 4.78 is 0. The molecule has 3 N–H and O–H groups in total. The molecule has 0 aliphatic heterocycles. The molecule has 1 aliphatic carbocycles. The molecular weight excluding hydrogens is 402 g/mol. The third kappa shape index (κ3) is 5.17. The summed E-state index contributed by atoms with van der Waals surface area (Å²) in [4.78, 5) is 20.7. The summed E-state index contributed by atoms with van der Waals surface area (Å²) in [6, 6.07) is 9.82. The predicted molar refractivity (Wildman–Crippen MR) is 134 cm³/mol. The van der Waals surface area contributed by atoms with Gasteiger partial charge in [-0.3, -0.25) is 4.79 Å². The standard InChI is InChI=1S/C23H21N3OS.C3H8/c1-14(24)16-5-7-17(8-6-16)19-10-20-21(12-26-23(20)25-11-19)22(27)18-4-2-3-15(9-18)13-28;1-3-2/h2,4-12,15,28H,1,3,13,24H2,(H,25,26);3H2,1-2H3. The van der Waals surface area contributed by atoms with E-state index in [4.69, 9.17) is 5.73 Å². The van der Waals surface area contributed by atoms with Crippen LogP contribution in [0.2, 0.25) is 0 Å². The van der Waals surface area contributed by atoms with E-state index in [2.05, 4.69) is 43.0 Å². The molecule has 2 aromatic heterocycles. The van der Waals surface area contributed by atoms with Gasteiger partial charge in [0.1, 0.15) is 5.65 Å². The average Bonchev–Trinajstić information content (AvgIpc) is 3.22. The van der Waals surface area contributed by atoms with Gasteiger partial charge in [0, 0.05) is 40.2 Å². The first kappa shape index (κ1) is 22.6. The van der Waals surface area contributed by atoms with Crippen molar-refractivity contribution in [2.24, 2.45) is 11.7 Å². The van der Waals surface area contributed by atoms with Crippen LogP contribution in [0.15, 0.2) is 73.1 Å². The van der Waals surface area contributed by atoms with E-state index < -0.39 is 0 Å². The first-order chi connectivity index (χ1) is 15.0. The lowest BCUT2D eigenvalue weighted by Gasteiger charge is -2.13. The molecule has 1 unspecified atom stereocenters. The van der Waals surface area contributed by atoms with Gasteiger partial charge in [0.05, 0.1) is 0 Å². The Morgan fingerprint density at radius 1 is 1.26 bits per heavy atom. The van der Waals surface area contributed by atoms with Crippen molar-refractivity contribution in [3.63, 3.8) is 0 Å². The van der Waals surface area contributed by atoms with E-state index in [1.165, 1.54) is 6.42 Å². The number of hydrogen-bond acceptors (Lipinski definition) is 4. The van der Waals surface area contributed by atoms with Crippen molar-refractivity contribution in [1.29, 1.82) is 0 Å². The first-order valence-electron chi connectivity index (χ1n) is 10.5. The van der Waals surface area contributed by atoms with Crippen molar-refractivity contribution in [2.45, 2.75) is 26.7 Å². The van der Waals surface area contributed by atoms with Crippen LogP contribution >= 0.6 is 12.6 Å². The van der Waals surface area contributed by atoms with E-state index in [-0.39, 0.29) is 5.78 Å². The fraction of sp³-hybridized carbons (Fsp3) is 0.231. The number of hydrogen-bond donors (Lipinski definition) is 3. The second-order valence-corrected chi connectivity index (χ2v) is 8.03. The number of nitrogens with zero attached hydrogens (tertiary/aromatic N) is 1. The smallest absolute Gasteiger partial charge is 0.194 e. The molecule has 1 aromatic carbocycles. The van der Waals surface area contributed by atoms with Gasteiger partial charge < -0.3 is 10.7 Å². The van der Waals surface area contributed by atoms with E-state index in [1.807, 2.05) is 48.6 Å². The molecule has 160 valence electrons. The molecule has 4 nitrogen and oxygen atoms in total. The number of aromatic nitrogens is 2. The zero-order valence-corrected chi connectivity index (χ0v) is 19.0. The number of carbonyl (C=O) groups is 1. The number of Topliss-reactive ketones (excluding diaryl/α,β-unsaturated/α-hetero) is 1. The van der Waals surface area contributed by atoms with Gasteiger partial charge in [-0.2, -0.15) is 12.6 Å². The summed E-state index contributed by atoms with van der Waals surface area (Å²) in [6.07, 6.45) is 11.7. The quantitative estimate of drug-likeness (QED) is 0.333. The number of aromatic amines is 1. The first-order valence-corrected chi connectivity index (χ1v) is 11.2. The van der Waals surface area contributed by atoms with Crippen LogP contribution in [-0.2, 0) is 0 Å². The fourth-order valence-corrected chi connectivity index (χ4v) is 3.66. The molecule has 1 atom stereocenters. The number of H-pyrrole nitrogens is 1. The second-order valence-electron chi connectivity index (χ2n) is 7.66. The number of fused-ring (bicyclic) bond motifs is 1. The van der Waals surface area contributed by atoms with Gasteiger partial charge in [-0.1, -0.05) is 69.3 Å². The number of thiol groups is 1. The number of nitrogens with one attached hydrogen (secondary N) is 1. The van der Waals surface area contributed by atoms with E-state index >= 15 is 0 Å². The topological polar surface area (TPSA) is 71.8 Å². The van der Waals surface area contributed by atoms with Gasteiger partial charge >= 0.3 is 0 Å². The third-order valence-electron chi connectivity index (χ3n) is 5.01. The van der Waals surface area contributed by atoms with Gasteiger partial charge in [0.2, 0.25) is 0 Å². The van der Waals surface area contributed by atoms with Gasteiger partial charge in [-0.25, -0.2) is 4.98 Å². The maximum absolute atomic E-state index is 13.1. The number of allylic oxidation sites excluding steroid dienone is 4. The van der Waals surface area contributed by atoms with Crippen molar-refractivity contribution < 1.29 is 4.79 Å². The van der Waals surface area contributed by atoms with E-state index in [0.717, 1.165) is 34.3 Å². The summed E-state index contributed by atoms with van der Waals surface area (Å²) in [5.41, 5.74) is 11.2. The van der Waals surface area contributed by atoms with Gasteiger partial charge in [0.15, 0.2) is 5.78 Å². The van der Waals surface area contributed by atoms with E-state index in [0.29, 0.717) is 28.4 Å². The van der Waals surface area contributed by atoms with Crippen LogP contribution in [0.4, 0.5) is 0 Å². The molecule has 0 radical (unpaired) electrons. The Balaban J connectivity index is 0.000000858. The maximum atomic E-state index is 13.1. The molecule has 0 saturated heterocycles. The van der Waals surface area contributed by atoms with Crippen LogP contribution in [0.1, 0.15) is 42.6 Å². The molecule has 1 aliphatic rings. The maximum Gasteiger partial charge on any atom is 0.194 e. The molecular formula is C26H29N3OS. The molecule has 0 bridgehead atoms. The minimum Gasteiger partial charge on any atom is -0.399 e. The Morgan fingerprint density at radius 2 is 1.97 bits per heavy atom. The Labute approximate surface area is 189 Å². The number of rotatable bonds is 5. The normalized spacial score (nSPS) is 15.2. The lowest BCUT2D eigenvalue weighted by atomic mass is 9.92. The number of pyridine rings is 1. The number of ketones is 1. The molecule has 0 saturated carbocycles. The molecule has 31 heavy (non-hydrogen) atoms. The zero-order valence-electron chi connectivity index (χ0n) is 18.1. The monoisotopic (exact) mass is 431 g/mol. The van der Waals surface area contributed by atoms with Crippen molar-refractivity contribution >= 4 is 35.1 Å². The molecule has 2 heterocycles. The van der Waals surface area contributed by atoms with Crippen LogP contribution in [0, 0.1) is 5.92 Å². The Hall–Kier alpha value is -3.05. The zero-order chi connectivity index (χ0) is 22.4. The number of benzene rings is 1. The summed E-state index contributed by atoms with van der Waals surface area (Å²) in [5, 5.41) is 0.817. The third-order valence-corrected chi connectivity index (χ3v) is 5.48. The number of carbonyl (C=O) groups excluding carboxylic acids is 1. The van der Waals surface area contributed by atoms with Crippen LogP contribution in [0.25, 0.3) is 27.9 Å². The molecule has 0 fully saturated rings.